The first-order valence-electron chi connectivity index (χ1n) is 6.16. The summed E-state index contributed by atoms with van der Waals surface area (Å²) in [6.45, 7) is 2.54. The summed E-state index contributed by atoms with van der Waals surface area (Å²) in [6, 6.07) is 12.1. The zero-order chi connectivity index (χ0) is 13.8. The summed E-state index contributed by atoms with van der Waals surface area (Å²) in [6.07, 6.45) is 1.27. The van der Waals surface area contributed by atoms with E-state index in [1.54, 1.807) is 13.1 Å². The quantitative estimate of drug-likeness (QED) is 0.936. The van der Waals surface area contributed by atoms with Crippen molar-refractivity contribution in [2.24, 2.45) is 0 Å². The van der Waals surface area contributed by atoms with Gasteiger partial charge in [-0.15, -0.1) is 0 Å². The maximum Gasteiger partial charge on any atom is 0.0931 e. The summed E-state index contributed by atoms with van der Waals surface area (Å²) in [5, 5.41) is 9.43. The summed E-state index contributed by atoms with van der Waals surface area (Å²) in [5.74, 6) is 0. The van der Waals surface area contributed by atoms with Crippen LogP contribution in [0.5, 0.6) is 0 Å². The van der Waals surface area contributed by atoms with E-state index in [-0.39, 0.29) is 0 Å². The van der Waals surface area contributed by atoms with Gasteiger partial charge in [0.25, 0.3) is 0 Å². The Morgan fingerprint density at radius 1 is 1.21 bits per heavy atom. The zero-order valence-corrected chi connectivity index (χ0v) is 12.6. The van der Waals surface area contributed by atoms with E-state index >= 15 is 0 Å². The molecule has 0 spiro atoms. The minimum Gasteiger partial charge on any atom is -0.387 e. The molecule has 1 atom stereocenters. The second-order valence-electron chi connectivity index (χ2n) is 4.60. The van der Waals surface area contributed by atoms with Crippen LogP contribution in [0.25, 0.3) is 0 Å². The lowest BCUT2D eigenvalue weighted by Crippen LogP contribution is -2.16. The van der Waals surface area contributed by atoms with Gasteiger partial charge in [0.1, 0.15) is 0 Å². The van der Waals surface area contributed by atoms with Gasteiger partial charge < -0.3 is 10.0 Å². The van der Waals surface area contributed by atoms with Crippen LogP contribution in [0, 0.1) is 0 Å². The van der Waals surface area contributed by atoms with Crippen LogP contribution in [0.4, 0.5) is 5.69 Å². The van der Waals surface area contributed by atoms with Gasteiger partial charge in [-0.1, -0.05) is 28.1 Å². The summed E-state index contributed by atoms with van der Waals surface area (Å²) >= 11 is 3.43. The van der Waals surface area contributed by atoms with E-state index in [0.717, 1.165) is 16.7 Å². The Hall–Kier alpha value is -1.39. The first-order valence-corrected chi connectivity index (χ1v) is 6.95. The van der Waals surface area contributed by atoms with Crippen LogP contribution < -0.4 is 4.90 Å². The predicted molar refractivity (Wildman–Crippen MR) is 81.1 cm³/mol. The average Bonchev–Trinajstić information content (AvgIpc) is 2.41. The van der Waals surface area contributed by atoms with E-state index < -0.39 is 6.10 Å². The second kappa shape index (κ2) is 6.17. The summed E-state index contributed by atoms with van der Waals surface area (Å²) in [5.41, 5.74) is 2.97. The van der Waals surface area contributed by atoms with Gasteiger partial charge in [-0.3, -0.25) is 4.98 Å². The molecule has 0 amide bonds. The molecular weight excluding hydrogens is 304 g/mol. The molecule has 4 heteroatoms. The van der Waals surface area contributed by atoms with Crippen molar-refractivity contribution in [2.75, 3.05) is 11.9 Å². The van der Waals surface area contributed by atoms with E-state index in [2.05, 4.69) is 37.9 Å². The van der Waals surface area contributed by atoms with Crippen LogP contribution >= 0.6 is 15.9 Å². The monoisotopic (exact) mass is 320 g/mol. The molecule has 2 rings (SSSR count). The number of aliphatic hydroxyl groups is 1. The number of aromatic nitrogens is 1. The lowest BCUT2D eigenvalue weighted by Gasteiger charge is -2.19. The molecule has 0 aliphatic rings. The topological polar surface area (TPSA) is 36.4 Å². The van der Waals surface area contributed by atoms with Crippen LogP contribution in [0.3, 0.4) is 0 Å². The molecule has 3 nitrogen and oxygen atoms in total. The van der Waals surface area contributed by atoms with Gasteiger partial charge >= 0.3 is 0 Å². The number of anilines is 1. The molecule has 1 aromatic heterocycles. The number of nitrogens with zero attached hydrogens (tertiary/aromatic N) is 2. The van der Waals surface area contributed by atoms with E-state index in [4.69, 9.17) is 0 Å². The van der Waals surface area contributed by atoms with Crippen molar-refractivity contribution in [1.29, 1.82) is 0 Å². The highest BCUT2D eigenvalue weighted by Crippen LogP contribution is 2.18. The third-order valence-electron chi connectivity index (χ3n) is 2.97. The van der Waals surface area contributed by atoms with E-state index in [0.29, 0.717) is 5.69 Å². The summed E-state index contributed by atoms with van der Waals surface area (Å²) < 4.78 is 1.09. The average molecular weight is 321 g/mol. The molecule has 0 unspecified atom stereocenters. The standard InChI is InChI=1S/C15H17BrN2O/c1-11(19)15-8-7-14(9-17-15)18(2)10-12-3-5-13(16)6-4-12/h3-9,11,19H,10H2,1-2H3/t11-/m1/s1. The summed E-state index contributed by atoms with van der Waals surface area (Å²) in [7, 11) is 2.03. The van der Waals surface area contributed by atoms with Crippen molar-refractivity contribution in [3.05, 3.63) is 58.3 Å². The van der Waals surface area contributed by atoms with E-state index in [9.17, 15) is 5.11 Å². The molecule has 0 saturated carbocycles. The van der Waals surface area contributed by atoms with Crippen LogP contribution in [0.1, 0.15) is 24.3 Å². The van der Waals surface area contributed by atoms with Crippen LogP contribution in [0.15, 0.2) is 47.1 Å². The van der Waals surface area contributed by atoms with Crippen molar-refractivity contribution in [1.82, 2.24) is 4.98 Å². The molecule has 0 fully saturated rings. The van der Waals surface area contributed by atoms with Gasteiger partial charge in [0.15, 0.2) is 0 Å². The molecule has 0 aliphatic carbocycles. The largest absolute Gasteiger partial charge is 0.387 e. The second-order valence-corrected chi connectivity index (χ2v) is 5.52. The Morgan fingerprint density at radius 2 is 1.89 bits per heavy atom. The fourth-order valence-electron chi connectivity index (χ4n) is 1.83. The maximum atomic E-state index is 9.43. The minimum atomic E-state index is -0.522. The highest BCUT2D eigenvalue weighted by atomic mass is 79.9. The number of pyridine rings is 1. The molecule has 0 aliphatic heterocycles. The molecule has 1 N–H and O–H groups in total. The van der Waals surface area contributed by atoms with E-state index in [1.165, 1.54) is 5.56 Å². The molecule has 19 heavy (non-hydrogen) atoms. The van der Waals surface area contributed by atoms with Gasteiger partial charge in [-0.05, 0) is 36.8 Å². The molecule has 0 bridgehead atoms. The van der Waals surface area contributed by atoms with Gasteiger partial charge in [0, 0.05) is 18.1 Å². The lowest BCUT2D eigenvalue weighted by atomic mass is 10.2. The maximum absolute atomic E-state index is 9.43. The minimum absolute atomic E-state index is 0.522. The van der Waals surface area contributed by atoms with Crippen LogP contribution in [-0.4, -0.2) is 17.1 Å². The third-order valence-corrected chi connectivity index (χ3v) is 3.50. The number of halogens is 1. The normalized spacial score (nSPS) is 12.2. The Labute approximate surface area is 122 Å². The fraction of sp³-hybridized carbons (Fsp3) is 0.267. The van der Waals surface area contributed by atoms with Crippen molar-refractivity contribution >= 4 is 21.6 Å². The number of hydrogen-bond donors (Lipinski definition) is 1. The predicted octanol–water partition coefficient (Wildman–Crippen LogP) is 3.53. The third kappa shape index (κ3) is 3.78. The SMILES string of the molecule is C[C@@H](O)c1ccc(N(C)Cc2ccc(Br)cc2)cn1. The number of aliphatic hydroxyl groups excluding tert-OH is 1. The van der Waals surface area contributed by atoms with E-state index in [1.807, 2.05) is 31.3 Å². The Kier molecular flexibility index (Phi) is 4.56. The van der Waals surface area contributed by atoms with Crippen LogP contribution in [0.2, 0.25) is 0 Å². The highest BCUT2D eigenvalue weighted by Gasteiger charge is 2.05. The first kappa shape index (κ1) is 14.0. The van der Waals surface area contributed by atoms with Crippen LogP contribution in [-0.2, 0) is 6.54 Å². The Balaban J connectivity index is 2.07. The molecule has 100 valence electrons. The van der Waals surface area contributed by atoms with Gasteiger partial charge in [0.2, 0.25) is 0 Å². The van der Waals surface area contributed by atoms with Gasteiger partial charge in [-0.2, -0.15) is 0 Å². The molecule has 0 saturated heterocycles. The first-order chi connectivity index (χ1) is 9.06. The zero-order valence-electron chi connectivity index (χ0n) is 11.0. The summed E-state index contributed by atoms with van der Waals surface area (Å²) in [4.78, 5) is 6.38. The fourth-order valence-corrected chi connectivity index (χ4v) is 2.09. The van der Waals surface area contributed by atoms with Crippen molar-refractivity contribution in [3.63, 3.8) is 0 Å². The molecule has 1 aromatic carbocycles. The lowest BCUT2D eigenvalue weighted by molar-refractivity contribution is 0.194. The Bertz CT molecular complexity index is 523. The molecule has 1 heterocycles. The number of benzene rings is 1. The number of hydrogen-bond acceptors (Lipinski definition) is 3. The molecule has 0 radical (unpaired) electrons. The van der Waals surface area contributed by atoms with Crippen molar-refractivity contribution < 1.29 is 5.11 Å². The Morgan fingerprint density at radius 3 is 2.42 bits per heavy atom. The smallest absolute Gasteiger partial charge is 0.0931 e. The van der Waals surface area contributed by atoms with Gasteiger partial charge in [0.05, 0.1) is 23.7 Å². The molecular formula is C15H17BrN2O. The highest BCUT2D eigenvalue weighted by molar-refractivity contribution is 9.10. The van der Waals surface area contributed by atoms with Crippen molar-refractivity contribution in [2.45, 2.75) is 19.6 Å². The van der Waals surface area contributed by atoms with Crippen molar-refractivity contribution in [3.8, 4) is 0 Å². The van der Waals surface area contributed by atoms with Gasteiger partial charge in [-0.25, -0.2) is 0 Å². The number of rotatable bonds is 4. The molecule has 2 aromatic rings.